The molecule has 0 aliphatic heterocycles. The van der Waals surface area contributed by atoms with Crippen molar-refractivity contribution in [1.82, 2.24) is 10.2 Å². The average Bonchev–Trinajstić information content (AvgIpc) is 2.47. The first-order valence-corrected chi connectivity index (χ1v) is 7.79. The number of rotatable bonds is 5. The number of nitrogens with zero attached hydrogens (tertiary/aromatic N) is 1. The quantitative estimate of drug-likeness (QED) is 0.873. The molecule has 0 saturated heterocycles. The molecule has 6 heteroatoms. The van der Waals surface area contributed by atoms with Crippen molar-refractivity contribution in [3.63, 3.8) is 0 Å². The van der Waals surface area contributed by atoms with Crippen LogP contribution in [0.4, 0.5) is 4.39 Å². The van der Waals surface area contributed by atoms with Crippen LogP contribution in [-0.2, 0) is 0 Å². The number of carbonyl (C=O) groups is 1. The predicted octanol–water partition coefficient (Wildman–Crippen LogP) is 4.17. The topological polar surface area (TPSA) is 32.3 Å². The molecule has 0 fully saturated rings. The fraction of sp³-hybridized carbons (Fsp3) is 0.235. The smallest absolute Gasteiger partial charge is 0.252 e. The Balaban J connectivity index is 2.11. The molecule has 1 amide bonds. The molecule has 3 nitrogen and oxygen atoms in total. The van der Waals surface area contributed by atoms with Gasteiger partial charge in [-0.05, 0) is 50.0 Å². The van der Waals surface area contributed by atoms with E-state index in [4.69, 9.17) is 23.2 Å². The predicted molar refractivity (Wildman–Crippen MR) is 91.6 cm³/mol. The van der Waals surface area contributed by atoms with Gasteiger partial charge < -0.3 is 10.2 Å². The number of hydrogen-bond donors (Lipinski definition) is 1. The third kappa shape index (κ3) is 4.67. The summed E-state index contributed by atoms with van der Waals surface area (Å²) in [4.78, 5) is 14.2. The van der Waals surface area contributed by atoms with Crippen molar-refractivity contribution in [2.24, 2.45) is 0 Å². The van der Waals surface area contributed by atoms with Crippen LogP contribution in [0.2, 0.25) is 10.0 Å². The second-order valence-electron chi connectivity index (χ2n) is 5.37. The summed E-state index contributed by atoms with van der Waals surface area (Å²) in [6.45, 7) is 0.328. The molecule has 0 radical (unpaired) electrons. The molecule has 0 aliphatic rings. The normalized spacial score (nSPS) is 12.3. The second-order valence-corrected chi connectivity index (χ2v) is 6.21. The highest BCUT2D eigenvalue weighted by Gasteiger charge is 2.17. The molecule has 1 atom stereocenters. The van der Waals surface area contributed by atoms with Crippen molar-refractivity contribution >= 4 is 29.1 Å². The minimum atomic E-state index is -0.304. The van der Waals surface area contributed by atoms with E-state index >= 15 is 0 Å². The van der Waals surface area contributed by atoms with E-state index in [-0.39, 0.29) is 17.8 Å². The first-order chi connectivity index (χ1) is 10.9. The largest absolute Gasteiger partial charge is 0.350 e. The molecule has 2 aromatic carbocycles. The number of benzene rings is 2. The molecule has 0 aromatic heterocycles. The van der Waals surface area contributed by atoms with E-state index in [0.29, 0.717) is 22.2 Å². The Morgan fingerprint density at radius 2 is 1.96 bits per heavy atom. The van der Waals surface area contributed by atoms with Gasteiger partial charge in [-0.2, -0.15) is 0 Å². The molecule has 2 aromatic rings. The van der Waals surface area contributed by atoms with Gasteiger partial charge >= 0.3 is 0 Å². The highest BCUT2D eigenvalue weighted by atomic mass is 35.5. The molecule has 0 spiro atoms. The highest BCUT2D eigenvalue weighted by Crippen LogP contribution is 2.22. The van der Waals surface area contributed by atoms with E-state index in [1.165, 1.54) is 18.2 Å². The number of hydrogen-bond acceptors (Lipinski definition) is 2. The fourth-order valence-corrected chi connectivity index (χ4v) is 2.76. The Kier molecular flexibility index (Phi) is 5.99. The molecule has 0 saturated carbocycles. The van der Waals surface area contributed by atoms with Gasteiger partial charge in [0.2, 0.25) is 0 Å². The van der Waals surface area contributed by atoms with Gasteiger partial charge in [0.25, 0.3) is 5.91 Å². The molecule has 0 unspecified atom stereocenters. The molecule has 23 heavy (non-hydrogen) atoms. The van der Waals surface area contributed by atoms with Crippen molar-refractivity contribution in [2.75, 3.05) is 20.6 Å². The summed E-state index contributed by atoms with van der Waals surface area (Å²) >= 11 is 11.9. The van der Waals surface area contributed by atoms with Crippen LogP contribution < -0.4 is 5.32 Å². The third-order valence-corrected chi connectivity index (χ3v) is 4.04. The lowest BCUT2D eigenvalue weighted by Crippen LogP contribution is -2.34. The molecule has 122 valence electrons. The maximum Gasteiger partial charge on any atom is 0.252 e. The lowest BCUT2D eigenvalue weighted by Gasteiger charge is -2.25. The van der Waals surface area contributed by atoms with Crippen molar-refractivity contribution < 1.29 is 9.18 Å². The maximum absolute atomic E-state index is 13.4. The van der Waals surface area contributed by atoms with Crippen LogP contribution in [0.5, 0.6) is 0 Å². The Hall–Kier alpha value is -1.62. The van der Waals surface area contributed by atoms with E-state index in [9.17, 15) is 9.18 Å². The summed E-state index contributed by atoms with van der Waals surface area (Å²) in [7, 11) is 3.74. The molecular formula is C17H17Cl2FN2O. The lowest BCUT2D eigenvalue weighted by atomic mass is 10.1. The van der Waals surface area contributed by atoms with Crippen molar-refractivity contribution in [2.45, 2.75) is 6.04 Å². The first-order valence-electron chi connectivity index (χ1n) is 7.03. The number of nitrogens with one attached hydrogen (secondary N) is 1. The Bertz CT molecular complexity index is 707. The molecule has 1 N–H and O–H groups in total. The van der Waals surface area contributed by atoms with Crippen LogP contribution >= 0.6 is 23.2 Å². The van der Waals surface area contributed by atoms with Crippen LogP contribution in [-0.4, -0.2) is 31.4 Å². The summed E-state index contributed by atoms with van der Waals surface area (Å²) < 4.78 is 13.4. The Morgan fingerprint density at radius 1 is 1.22 bits per heavy atom. The van der Waals surface area contributed by atoms with E-state index < -0.39 is 0 Å². The number of amides is 1. The minimum absolute atomic E-state index is 0.152. The zero-order valence-corrected chi connectivity index (χ0v) is 14.3. The SMILES string of the molecule is CN(C)[C@H](CNC(=O)c1ccc(Cl)cc1Cl)c1cccc(F)c1. The van der Waals surface area contributed by atoms with Crippen LogP contribution in [0.15, 0.2) is 42.5 Å². The van der Waals surface area contributed by atoms with Gasteiger partial charge in [-0.3, -0.25) is 4.79 Å². The second kappa shape index (κ2) is 7.77. The van der Waals surface area contributed by atoms with Gasteiger partial charge in [-0.1, -0.05) is 35.3 Å². The highest BCUT2D eigenvalue weighted by molar-refractivity contribution is 6.36. The molecule has 2 rings (SSSR count). The van der Waals surface area contributed by atoms with E-state index in [2.05, 4.69) is 5.32 Å². The molecule has 0 aliphatic carbocycles. The van der Waals surface area contributed by atoms with Gasteiger partial charge in [0.15, 0.2) is 0 Å². The molecule has 0 bridgehead atoms. The van der Waals surface area contributed by atoms with Gasteiger partial charge in [-0.25, -0.2) is 4.39 Å². The fourth-order valence-electron chi connectivity index (χ4n) is 2.27. The number of halogens is 3. The monoisotopic (exact) mass is 354 g/mol. The van der Waals surface area contributed by atoms with Gasteiger partial charge in [-0.15, -0.1) is 0 Å². The van der Waals surface area contributed by atoms with Crippen LogP contribution in [0.3, 0.4) is 0 Å². The summed E-state index contributed by atoms with van der Waals surface area (Å²) in [6, 6.07) is 10.9. The van der Waals surface area contributed by atoms with Gasteiger partial charge in [0.1, 0.15) is 5.82 Å². The number of carbonyl (C=O) groups excluding carboxylic acids is 1. The molecular weight excluding hydrogens is 338 g/mol. The average molecular weight is 355 g/mol. The third-order valence-electron chi connectivity index (χ3n) is 3.49. The van der Waals surface area contributed by atoms with E-state index in [1.807, 2.05) is 25.1 Å². The summed E-state index contributed by atoms with van der Waals surface area (Å²) in [6.07, 6.45) is 0. The first kappa shape index (κ1) is 17.7. The zero-order chi connectivity index (χ0) is 17.0. The summed E-state index contributed by atoms with van der Waals surface area (Å²) in [5, 5.41) is 3.59. The Morgan fingerprint density at radius 3 is 2.57 bits per heavy atom. The minimum Gasteiger partial charge on any atom is -0.350 e. The van der Waals surface area contributed by atoms with Gasteiger partial charge in [0, 0.05) is 11.6 Å². The van der Waals surface area contributed by atoms with Crippen molar-refractivity contribution in [3.8, 4) is 0 Å². The van der Waals surface area contributed by atoms with Crippen molar-refractivity contribution in [1.29, 1.82) is 0 Å². The van der Waals surface area contributed by atoms with Gasteiger partial charge in [0.05, 0.1) is 16.6 Å². The van der Waals surface area contributed by atoms with Crippen LogP contribution in [0.25, 0.3) is 0 Å². The Labute approximate surface area is 145 Å². The van der Waals surface area contributed by atoms with Crippen molar-refractivity contribution in [3.05, 3.63) is 69.5 Å². The summed E-state index contributed by atoms with van der Waals surface area (Å²) in [5.74, 6) is -0.601. The van der Waals surface area contributed by atoms with Crippen LogP contribution in [0, 0.1) is 5.82 Å². The van der Waals surface area contributed by atoms with E-state index in [1.54, 1.807) is 18.2 Å². The lowest BCUT2D eigenvalue weighted by molar-refractivity contribution is 0.0942. The summed E-state index contributed by atoms with van der Waals surface area (Å²) in [5.41, 5.74) is 1.14. The zero-order valence-electron chi connectivity index (χ0n) is 12.8. The van der Waals surface area contributed by atoms with Crippen LogP contribution in [0.1, 0.15) is 22.0 Å². The number of likely N-dealkylation sites (N-methyl/N-ethyl adjacent to an activating group) is 1. The standard InChI is InChI=1S/C17H17Cl2FN2O/c1-22(2)16(11-4-3-5-13(20)8-11)10-21-17(23)14-7-6-12(18)9-15(14)19/h3-9,16H,10H2,1-2H3,(H,21,23)/t16-/m1/s1. The van der Waals surface area contributed by atoms with E-state index in [0.717, 1.165) is 5.56 Å². The molecule has 0 heterocycles. The maximum atomic E-state index is 13.4.